The van der Waals surface area contributed by atoms with Gasteiger partial charge in [0, 0.05) is 6.20 Å². The van der Waals surface area contributed by atoms with Gasteiger partial charge in [0.2, 0.25) is 0 Å². The van der Waals surface area contributed by atoms with Crippen molar-refractivity contribution < 1.29 is 5.11 Å². The molecule has 4 heteroatoms. The Bertz CT molecular complexity index is 391. The molecule has 1 aromatic heterocycles. The summed E-state index contributed by atoms with van der Waals surface area (Å²) in [6, 6.07) is 11.8. The van der Waals surface area contributed by atoms with E-state index in [0.717, 1.165) is 12.2 Å². The standard InChI is InChI=1S/C13H15N3O/c17-9-12(8-11-4-2-1-3-5-11)16-13-6-7-14-10-15-13/h1-7,10,12,17H,8-9H2,(H,14,15,16). The molecule has 2 rings (SSSR count). The molecule has 0 amide bonds. The molecular weight excluding hydrogens is 214 g/mol. The number of hydrogen-bond donors (Lipinski definition) is 2. The minimum absolute atomic E-state index is 0.0349. The molecule has 1 aromatic carbocycles. The zero-order valence-electron chi connectivity index (χ0n) is 9.45. The first-order valence-electron chi connectivity index (χ1n) is 5.56. The third-order valence-corrected chi connectivity index (χ3v) is 2.48. The number of aromatic nitrogens is 2. The first kappa shape index (κ1) is 11.5. The predicted octanol–water partition coefficient (Wildman–Crippen LogP) is 1.49. The molecule has 2 aromatic rings. The number of benzene rings is 1. The fourth-order valence-electron chi connectivity index (χ4n) is 1.65. The van der Waals surface area contributed by atoms with E-state index >= 15 is 0 Å². The van der Waals surface area contributed by atoms with E-state index in [-0.39, 0.29) is 12.6 Å². The SMILES string of the molecule is OCC(Cc1ccccc1)Nc1ccncn1. The summed E-state index contributed by atoms with van der Waals surface area (Å²) in [6.45, 7) is 0.0684. The van der Waals surface area contributed by atoms with Crippen molar-refractivity contribution in [1.82, 2.24) is 9.97 Å². The Morgan fingerprint density at radius 2 is 2.00 bits per heavy atom. The van der Waals surface area contributed by atoms with Crippen LogP contribution in [-0.4, -0.2) is 27.7 Å². The summed E-state index contributed by atoms with van der Waals surface area (Å²) in [5, 5.41) is 12.5. The molecule has 0 bridgehead atoms. The molecule has 1 heterocycles. The van der Waals surface area contributed by atoms with Gasteiger partial charge in [-0.05, 0) is 18.1 Å². The van der Waals surface area contributed by atoms with Gasteiger partial charge in [0.1, 0.15) is 12.1 Å². The molecule has 0 fully saturated rings. The Balaban J connectivity index is 1.98. The van der Waals surface area contributed by atoms with Gasteiger partial charge in [-0.2, -0.15) is 0 Å². The van der Waals surface area contributed by atoms with Crippen LogP contribution in [0, 0.1) is 0 Å². The van der Waals surface area contributed by atoms with E-state index in [1.54, 1.807) is 12.3 Å². The third-order valence-electron chi connectivity index (χ3n) is 2.48. The highest BCUT2D eigenvalue weighted by Gasteiger charge is 2.08. The summed E-state index contributed by atoms with van der Waals surface area (Å²) in [5.41, 5.74) is 1.19. The number of nitrogens with zero attached hydrogens (tertiary/aromatic N) is 2. The highest BCUT2D eigenvalue weighted by atomic mass is 16.3. The Labute approximate surface area is 100 Å². The van der Waals surface area contributed by atoms with Gasteiger partial charge < -0.3 is 10.4 Å². The second kappa shape index (κ2) is 5.96. The van der Waals surface area contributed by atoms with Crippen LogP contribution >= 0.6 is 0 Å². The summed E-state index contributed by atoms with van der Waals surface area (Å²) >= 11 is 0. The number of nitrogens with one attached hydrogen (secondary N) is 1. The molecule has 17 heavy (non-hydrogen) atoms. The predicted molar refractivity (Wildman–Crippen MR) is 66.7 cm³/mol. The lowest BCUT2D eigenvalue weighted by atomic mass is 10.1. The van der Waals surface area contributed by atoms with Gasteiger partial charge in [0.15, 0.2) is 0 Å². The van der Waals surface area contributed by atoms with E-state index in [0.29, 0.717) is 0 Å². The molecule has 0 aliphatic heterocycles. The molecule has 0 aliphatic carbocycles. The van der Waals surface area contributed by atoms with Crippen molar-refractivity contribution in [3.8, 4) is 0 Å². The largest absolute Gasteiger partial charge is 0.394 e. The first-order valence-corrected chi connectivity index (χ1v) is 5.56. The van der Waals surface area contributed by atoms with E-state index < -0.39 is 0 Å². The molecule has 1 unspecified atom stereocenters. The van der Waals surface area contributed by atoms with Crippen LogP contribution in [0.5, 0.6) is 0 Å². The maximum absolute atomic E-state index is 9.34. The van der Waals surface area contributed by atoms with Crippen molar-refractivity contribution in [2.45, 2.75) is 12.5 Å². The molecule has 1 atom stereocenters. The molecule has 0 aliphatic rings. The van der Waals surface area contributed by atoms with Crippen LogP contribution in [0.2, 0.25) is 0 Å². The van der Waals surface area contributed by atoms with Crippen LogP contribution in [0.3, 0.4) is 0 Å². The van der Waals surface area contributed by atoms with E-state index in [1.165, 1.54) is 11.9 Å². The van der Waals surface area contributed by atoms with Gasteiger partial charge in [-0.15, -0.1) is 0 Å². The average Bonchev–Trinajstić information content (AvgIpc) is 2.40. The van der Waals surface area contributed by atoms with E-state index in [4.69, 9.17) is 0 Å². The van der Waals surface area contributed by atoms with Gasteiger partial charge >= 0.3 is 0 Å². The van der Waals surface area contributed by atoms with Gasteiger partial charge in [-0.3, -0.25) is 0 Å². The van der Waals surface area contributed by atoms with Crippen molar-refractivity contribution in [1.29, 1.82) is 0 Å². The highest BCUT2D eigenvalue weighted by Crippen LogP contribution is 2.07. The summed E-state index contributed by atoms with van der Waals surface area (Å²) in [5.74, 6) is 0.731. The maximum Gasteiger partial charge on any atom is 0.129 e. The number of aliphatic hydroxyl groups excluding tert-OH is 1. The van der Waals surface area contributed by atoms with Crippen LogP contribution in [-0.2, 0) is 6.42 Å². The molecule has 0 radical (unpaired) electrons. The van der Waals surface area contributed by atoms with Crippen molar-refractivity contribution >= 4 is 5.82 Å². The first-order chi connectivity index (χ1) is 8.38. The topological polar surface area (TPSA) is 58.0 Å². The smallest absolute Gasteiger partial charge is 0.129 e. The monoisotopic (exact) mass is 229 g/mol. The summed E-state index contributed by atoms with van der Waals surface area (Å²) in [6.07, 6.45) is 3.92. The van der Waals surface area contributed by atoms with Crippen LogP contribution in [0.15, 0.2) is 48.9 Å². The normalized spacial score (nSPS) is 12.1. The van der Waals surface area contributed by atoms with Crippen molar-refractivity contribution in [3.63, 3.8) is 0 Å². The van der Waals surface area contributed by atoms with Crippen LogP contribution in [0.25, 0.3) is 0 Å². The van der Waals surface area contributed by atoms with Gasteiger partial charge in [0.25, 0.3) is 0 Å². The number of hydrogen-bond acceptors (Lipinski definition) is 4. The maximum atomic E-state index is 9.34. The molecular formula is C13H15N3O. The molecule has 2 N–H and O–H groups in total. The Hall–Kier alpha value is -1.94. The second-order valence-electron chi connectivity index (χ2n) is 3.81. The van der Waals surface area contributed by atoms with Crippen molar-refractivity contribution in [3.05, 3.63) is 54.5 Å². The van der Waals surface area contributed by atoms with Crippen LogP contribution in [0.1, 0.15) is 5.56 Å². The molecule has 4 nitrogen and oxygen atoms in total. The van der Waals surface area contributed by atoms with Gasteiger partial charge in [-0.1, -0.05) is 30.3 Å². The quantitative estimate of drug-likeness (QED) is 0.815. The number of aliphatic hydroxyl groups is 1. The Morgan fingerprint density at radius 1 is 1.18 bits per heavy atom. The van der Waals surface area contributed by atoms with E-state index in [1.807, 2.05) is 30.3 Å². The summed E-state index contributed by atoms with van der Waals surface area (Å²) in [4.78, 5) is 7.92. The van der Waals surface area contributed by atoms with Crippen molar-refractivity contribution in [2.75, 3.05) is 11.9 Å². The Morgan fingerprint density at radius 3 is 2.65 bits per heavy atom. The fraction of sp³-hybridized carbons (Fsp3) is 0.231. The lowest BCUT2D eigenvalue weighted by Crippen LogP contribution is -2.26. The number of anilines is 1. The van der Waals surface area contributed by atoms with Crippen molar-refractivity contribution in [2.24, 2.45) is 0 Å². The van der Waals surface area contributed by atoms with E-state index in [2.05, 4.69) is 15.3 Å². The highest BCUT2D eigenvalue weighted by molar-refractivity contribution is 5.34. The average molecular weight is 229 g/mol. The van der Waals surface area contributed by atoms with Crippen LogP contribution < -0.4 is 5.32 Å². The molecule has 88 valence electrons. The minimum Gasteiger partial charge on any atom is -0.394 e. The van der Waals surface area contributed by atoms with Gasteiger partial charge in [0.05, 0.1) is 12.6 Å². The minimum atomic E-state index is -0.0349. The number of rotatable bonds is 5. The van der Waals surface area contributed by atoms with Crippen LogP contribution in [0.4, 0.5) is 5.82 Å². The zero-order valence-corrected chi connectivity index (χ0v) is 9.45. The zero-order chi connectivity index (χ0) is 11.9. The second-order valence-corrected chi connectivity index (χ2v) is 3.81. The lowest BCUT2D eigenvalue weighted by Gasteiger charge is -2.16. The molecule has 0 spiro atoms. The summed E-state index contributed by atoms with van der Waals surface area (Å²) in [7, 11) is 0. The van der Waals surface area contributed by atoms with E-state index in [9.17, 15) is 5.11 Å². The third kappa shape index (κ3) is 3.53. The molecule has 0 saturated heterocycles. The molecule has 0 saturated carbocycles. The fourth-order valence-corrected chi connectivity index (χ4v) is 1.65. The van der Waals surface area contributed by atoms with Gasteiger partial charge in [-0.25, -0.2) is 9.97 Å². The lowest BCUT2D eigenvalue weighted by molar-refractivity contribution is 0.273. The summed E-state index contributed by atoms with van der Waals surface area (Å²) < 4.78 is 0. The Kier molecular flexibility index (Phi) is 4.05.